The molecule has 0 amide bonds. The monoisotopic (exact) mass is 364 g/mol. The van der Waals surface area contributed by atoms with Crippen LogP contribution in [0, 0.1) is 3.57 Å². The Kier molecular flexibility index (Phi) is 7.04. The number of ether oxygens (including phenoxy) is 2. The van der Waals surface area contributed by atoms with E-state index < -0.39 is 0 Å². The van der Waals surface area contributed by atoms with Crippen LogP contribution in [0.15, 0.2) is 18.2 Å². The van der Waals surface area contributed by atoms with Gasteiger partial charge in [0.15, 0.2) is 6.61 Å². The summed E-state index contributed by atoms with van der Waals surface area (Å²) < 4.78 is 11.1. The molecule has 0 atom stereocenters. The van der Waals surface area contributed by atoms with E-state index >= 15 is 0 Å². The smallest absolute Gasteiger partial charge is 0.344 e. The predicted molar refractivity (Wildman–Crippen MR) is 76.7 cm³/mol. The standard InChI is InChI=1S/C13H17IO4/c1-2-17-13(16)9-18-12-6-5-10(4-3-7-15)8-11(12)14/h5-6,8,15H,2-4,7,9H2,1H3. The molecule has 0 unspecified atom stereocenters. The predicted octanol–water partition coefficient (Wildman–Crippen LogP) is 2.16. The molecule has 0 bridgehead atoms. The molecule has 0 radical (unpaired) electrons. The van der Waals surface area contributed by atoms with Crippen molar-refractivity contribution in [1.29, 1.82) is 0 Å². The lowest BCUT2D eigenvalue weighted by Gasteiger charge is -2.09. The fourth-order valence-electron chi connectivity index (χ4n) is 1.44. The van der Waals surface area contributed by atoms with E-state index in [1.807, 2.05) is 18.2 Å². The summed E-state index contributed by atoms with van der Waals surface area (Å²) in [6.07, 6.45) is 1.59. The normalized spacial score (nSPS) is 10.2. The molecular formula is C13H17IO4. The van der Waals surface area contributed by atoms with Gasteiger partial charge in [0.25, 0.3) is 0 Å². The van der Waals surface area contributed by atoms with Crippen molar-refractivity contribution in [3.63, 3.8) is 0 Å². The number of rotatable bonds is 7. The van der Waals surface area contributed by atoms with Crippen molar-refractivity contribution in [2.45, 2.75) is 19.8 Å². The molecule has 100 valence electrons. The summed E-state index contributed by atoms with van der Waals surface area (Å²) in [5.41, 5.74) is 1.15. The molecule has 18 heavy (non-hydrogen) atoms. The van der Waals surface area contributed by atoms with E-state index in [0.717, 1.165) is 22.0 Å². The third-order valence-electron chi connectivity index (χ3n) is 2.27. The summed E-state index contributed by atoms with van der Waals surface area (Å²) in [4.78, 5) is 11.2. The molecule has 0 aliphatic heterocycles. The Morgan fingerprint density at radius 2 is 2.22 bits per heavy atom. The molecule has 1 rings (SSSR count). The van der Waals surface area contributed by atoms with Crippen LogP contribution in [0.4, 0.5) is 0 Å². The van der Waals surface area contributed by atoms with E-state index in [0.29, 0.717) is 12.4 Å². The van der Waals surface area contributed by atoms with Gasteiger partial charge in [0.1, 0.15) is 5.75 Å². The second-order valence-electron chi connectivity index (χ2n) is 3.69. The Labute approximate surface area is 120 Å². The van der Waals surface area contributed by atoms with E-state index in [9.17, 15) is 4.79 Å². The van der Waals surface area contributed by atoms with Crippen molar-refractivity contribution in [2.24, 2.45) is 0 Å². The van der Waals surface area contributed by atoms with Crippen molar-refractivity contribution in [3.05, 3.63) is 27.3 Å². The number of halogens is 1. The first-order valence-corrected chi connectivity index (χ1v) is 6.93. The van der Waals surface area contributed by atoms with Crippen molar-refractivity contribution < 1.29 is 19.4 Å². The van der Waals surface area contributed by atoms with Crippen molar-refractivity contribution in [3.8, 4) is 5.75 Å². The summed E-state index contributed by atoms with van der Waals surface area (Å²) >= 11 is 2.17. The molecule has 1 aromatic carbocycles. The van der Waals surface area contributed by atoms with E-state index in [1.54, 1.807) is 6.92 Å². The first kappa shape index (κ1) is 15.2. The minimum Gasteiger partial charge on any atom is -0.481 e. The van der Waals surface area contributed by atoms with E-state index in [2.05, 4.69) is 22.6 Å². The molecule has 0 aliphatic carbocycles. The Morgan fingerprint density at radius 3 is 2.83 bits per heavy atom. The number of benzene rings is 1. The molecule has 1 N–H and O–H groups in total. The molecular weight excluding hydrogens is 347 g/mol. The molecule has 0 saturated carbocycles. The molecule has 0 heterocycles. The quantitative estimate of drug-likeness (QED) is 0.595. The van der Waals surface area contributed by atoms with Gasteiger partial charge in [-0.2, -0.15) is 0 Å². The van der Waals surface area contributed by atoms with Gasteiger partial charge in [0, 0.05) is 6.61 Å². The van der Waals surface area contributed by atoms with Crippen LogP contribution in [0.3, 0.4) is 0 Å². The first-order chi connectivity index (χ1) is 8.67. The van der Waals surface area contributed by atoms with E-state index in [1.165, 1.54) is 0 Å². The highest BCUT2D eigenvalue weighted by Crippen LogP contribution is 2.22. The molecule has 0 saturated heterocycles. The molecule has 0 fully saturated rings. The van der Waals surface area contributed by atoms with Crippen LogP contribution in [0.2, 0.25) is 0 Å². The first-order valence-electron chi connectivity index (χ1n) is 5.85. The number of aliphatic hydroxyl groups excluding tert-OH is 1. The minimum absolute atomic E-state index is 0.0696. The molecule has 4 nitrogen and oxygen atoms in total. The number of aryl methyl sites for hydroxylation is 1. The maximum absolute atomic E-state index is 11.2. The van der Waals surface area contributed by atoms with Gasteiger partial charge in [-0.15, -0.1) is 0 Å². The van der Waals surface area contributed by atoms with Gasteiger partial charge >= 0.3 is 5.97 Å². The topological polar surface area (TPSA) is 55.8 Å². The zero-order valence-corrected chi connectivity index (χ0v) is 12.5. The maximum Gasteiger partial charge on any atom is 0.344 e. The zero-order valence-electron chi connectivity index (χ0n) is 10.3. The van der Waals surface area contributed by atoms with Crippen LogP contribution in [-0.2, 0) is 16.0 Å². The zero-order chi connectivity index (χ0) is 13.4. The third kappa shape index (κ3) is 5.22. The van der Waals surface area contributed by atoms with Crippen LogP contribution >= 0.6 is 22.6 Å². The van der Waals surface area contributed by atoms with Gasteiger partial charge in [-0.25, -0.2) is 4.79 Å². The highest BCUT2D eigenvalue weighted by molar-refractivity contribution is 14.1. The van der Waals surface area contributed by atoms with Crippen molar-refractivity contribution in [2.75, 3.05) is 19.8 Å². The van der Waals surface area contributed by atoms with Crippen LogP contribution < -0.4 is 4.74 Å². The second kappa shape index (κ2) is 8.31. The van der Waals surface area contributed by atoms with E-state index in [-0.39, 0.29) is 19.2 Å². The Balaban J connectivity index is 2.54. The highest BCUT2D eigenvalue weighted by atomic mass is 127. The third-order valence-corrected chi connectivity index (χ3v) is 3.11. The van der Waals surface area contributed by atoms with Gasteiger partial charge in [-0.05, 0) is 60.1 Å². The number of carbonyl (C=O) groups is 1. The molecule has 0 spiro atoms. The molecule has 1 aromatic rings. The fourth-order valence-corrected chi connectivity index (χ4v) is 2.17. The number of hydrogen-bond acceptors (Lipinski definition) is 4. The number of hydrogen-bond donors (Lipinski definition) is 1. The lowest BCUT2D eigenvalue weighted by molar-refractivity contribution is -0.145. The molecule has 5 heteroatoms. The largest absolute Gasteiger partial charge is 0.481 e. The van der Waals surface area contributed by atoms with Gasteiger partial charge in [-0.3, -0.25) is 0 Å². The molecule has 0 aliphatic rings. The average molecular weight is 364 g/mol. The van der Waals surface area contributed by atoms with Crippen LogP contribution in [0.5, 0.6) is 5.75 Å². The molecule has 0 aromatic heterocycles. The van der Waals surface area contributed by atoms with Gasteiger partial charge in [0.05, 0.1) is 10.2 Å². The summed E-state index contributed by atoms with van der Waals surface area (Å²) in [5, 5.41) is 8.77. The van der Waals surface area contributed by atoms with Crippen molar-refractivity contribution >= 4 is 28.6 Å². The second-order valence-corrected chi connectivity index (χ2v) is 4.85. The Bertz CT molecular complexity index is 393. The van der Waals surface area contributed by atoms with E-state index in [4.69, 9.17) is 14.6 Å². The van der Waals surface area contributed by atoms with Crippen LogP contribution in [-0.4, -0.2) is 30.9 Å². The minimum atomic E-state index is -0.363. The van der Waals surface area contributed by atoms with Gasteiger partial charge in [0.2, 0.25) is 0 Å². The van der Waals surface area contributed by atoms with Gasteiger partial charge in [-0.1, -0.05) is 6.07 Å². The SMILES string of the molecule is CCOC(=O)COc1ccc(CCCO)cc1I. The van der Waals surface area contributed by atoms with Crippen LogP contribution in [0.25, 0.3) is 0 Å². The Hall–Kier alpha value is -0.820. The summed E-state index contributed by atoms with van der Waals surface area (Å²) in [7, 11) is 0. The van der Waals surface area contributed by atoms with Gasteiger partial charge < -0.3 is 14.6 Å². The van der Waals surface area contributed by atoms with Crippen LogP contribution in [0.1, 0.15) is 18.9 Å². The summed E-state index contributed by atoms with van der Waals surface area (Å²) in [6, 6.07) is 5.78. The number of carbonyl (C=O) groups excluding carboxylic acids is 1. The maximum atomic E-state index is 11.2. The number of aliphatic hydroxyl groups is 1. The lowest BCUT2D eigenvalue weighted by Crippen LogP contribution is -2.15. The summed E-state index contributed by atoms with van der Waals surface area (Å²) in [6.45, 7) is 2.24. The number of esters is 1. The lowest BCUT2D eigenvalue weighted by atomic mass is 10.1. The Morgan fingerprint density at radius 1 is 1.44 bits per heavy atom. The fraction of sp³-hybridized carbons (Fsp3) is 0.462. The average Bonchev–Trinajstić information content (AvgIpc) is 2.35. The summed E-state index contributed by atoms with van der Waals surface area (Å²) in [5.74, 6) is 0.314. The van der Waals surface area contributed by atoms with Crippen molar-refractivity contribution in [1.82, 2.24) is 0 Å². The highest BCUT2D eigenvalue weighted by Gasteiger charge is 2.06.